The minimum atomic E-state index is -0.490. The molecule has 0 amide bonds. The summed E-state index contributed by atoms with van der Waals surface area (Å²) in [5, 5.41) is 1.83. The molecule has 33 heavy (non-hydrogen) atoms. The van der Waals surface area contributed by atoms with Crippen molar-refractivity contribution in [1.29, 1.82) is 0 Å². The summed E-state index contributed by atoms with van der Waals surface area (Å²) >= 11 is 6.30. The maximum Gasteiger partial charge on any atom is 0.338 e. The molecule has 0 spiro atoms. The van der Waals surface area contributed by atoms with Gasteiger partial charge in [0.05, 0.1) is 0 Å². The van der Waals surface area contributed by atoms with Crippen LogP contribution in [0.15, 0.2) is 54.2 Å². The summed E-state index contributed by atoms with van der Waals surface area (Å²) in [6.07, 6.45) is 6.71. The fourth-order valence-electron chi connectivity index (χ4n) is 4.17. The van der Waals surface area contributed by atoms with Crippen molar-refractivity contribution in [3.8, 4) is 11.5 Å². The molecule has 0 fully saturated rings. The summed E-state index contributed by atoms with van der Waals surface area (Å²) in [6, 6.07) is 5.30. The van der Waals surface area contributed by atoms with Gasteiger partial charge in [0.1, 0.15) is 11.5 Å². The van der Waals surface area contributed by atoms with Gasteiger partial charge >= 0.3 is 11.9 Å². The molecule has 174 valence electrons. The molecule has 1 aliphatic rings. The second kappa shape index (κ2) is 10.4. The number of fused-ring (bicyclic) bond motifs is 2. The lowest BCUT2D eigenvalue weighted by atomic mass is 9.79. The average Bonchev–Trinajstić information content (AvgIpc) is 2.75. The molecule has 2 aromatic carbocycles. The highest BCUT2D eigenvalue weighted by Gasteiger charge is 2.30. The van der Waals surface area contributed by atoms with E-state index in [-0.39, 0.29) is 0 Å². The topological polar surface area (TPSA) is 52.6 Å². The molecule has 3 rings (SSSR count). The summed E-state index contributed by atoms with van der Waals surface area (Å²) in [7, 11) is 0. The third-order valence-corrected chi connectivity index (χ3v) is 6.13. The molecule has 0 saturated carbocycles. The SMILES string of the molecule is C=C(C)C(=O)Oc1c2c(c(OC(=O)C(=C)C)c3ccc(Cl)cc13)CC(CCC=C(C)C)CC2. The first-order chi connectivity index (χ1) is 15.6. The Balaban J connectivity index is 2.19. The third kappa shape index (κ3) is 5.75. The van der Waals surface area contributed by atoms with Gasteiger partial charge in [0, 0.05) is 38.1 Å². The molecule has 0 aliphatic heterocycles. The molecule has 0 aromatic heterocycles. The number of ether oxygens (including phenoxy) is 2. The minimum Gasteiger partial charge on any atom is -0.422 e. The molecule has 1 unspecified atom stereocenters. The van der Waals surface area contributed by atoms with Gasteiger partial charge in [-0.3, -0.25) is 0 Å². The molecule has 0 saturated heterocycles. The van der Waals surface area contributed by atoms with Crippen LogP contribution in [-0.2, 0) is 22.4 Å². The largest absolute Gasteiger partial charge is 0.422 e. The van der Waals surface area contributed by atoms with Crippen molar-refractivity contribution in [3.63, 3.8) is 0 Å². The first-order valence-electron chi connectivity index (χ1n) is 11.2. The van der Waals surface area contributed by atoms with E-state index in [0.29, 0.717) is 50.8 Å². The smallest absolute Gasteiger partial charge is 0.338 e. The Bertz CT molecular complexity index is 1170. The molecule has 0 bridgehead atoms. The number of carbonyl (C=O) groups is 2. The van der Waals surface area contributed by atoms with Gasteiger partial charge in [-0.25, -0.2) is 9.59 Å². The van der Waals surface area contributed by atoms with Crippen molar-refractivity contribution < 1.29 is 19.1 Å². The zero-order valence-corrected chi connectivity index (χ0v) is 20.6. The second-order valence-corrected chi connectivity index (χ2v) is 9.55. The molecule has 0 radical (unpaired) electrons. The van der Waals surface area contributed by atoms with Crippen molar-refractivity contribution >= 4 is 34.3 Å². The van der Waals surface area contributed by atoms with Crippen molar-refractivity contribution in [2.45, 2.75) is 59.8 Å². The number of hydrogen-bond acceptors (Lipinski definition) is 4. The van der Waals surface area contributed by atoms with Gasteiger partial charge in [-0.15, -0.1) is 0 Å². The number of hydrogen-bond donors (Lipinski definition) is 0. The van der Waals surface area contributed by atoms with Crippen molar-refractivity contribution in [1.82, 2.24) is 0 Å². The lowest BCUT2D eigenvalue weighted by Crippen LogP contribution is -2.20. The van der Waals surface area contributed by atoms with Crippen LogP contribution in [0.2, 0.25) is 5.02 Å². The van der Waals surface area contributed by atoms with Gasteiger partial charge in [-0.2, -0.15) is 0 Å². The van der Waals surface area contributed by atoms with E-state index >= 15 is 0 Å². The van der Waals surface area contributed by atoms with Gasteiger partial charge in [0.15, 0.2) is 0 Å². The van der Waals surface area contributed by atoms with E-state index in [4.69, 9.17) is 21.1 Å². The highest BCUT2D eigenvalue weighted by atomic mass is 35.5. The van der Waals surface area contributed by atoms with Crippen LogP contribution in [0.25, 0.3) is 10.8 Å². The van der Waals surface area contributed by atoms with Crippen LogP contribution in [0.1, 0.15) is 58.1 Å². The first-order valence-corrected chi connectivity index (χ1v) is 11.6. The van der Waals surface area contributed by atoms with Gasteiger partial charge in [-0.1, -0.05) is 36.4 Å². The zero-order valence-electron chi connectivity index (χ0n) is 19.8. The van der Waals surface area contributed by atoms with Crippen LogP contribution in [0.3, 0.4) is 0 Å². The monoisotopic (exact) mass is 466 g/mol. The summed E-state index contributed by atoms with van der Waals surface area (Å²) in [5.74, 6) is 0.451. The van der Waals surface area contributed by atoms with Crippen LogP contribution in [0, 0.1) is 5.92 Å². The molecule has 4 nitrogen and oxygen atoms in total. The van der Waals surface area contributed by atoms with E-state index in [1.807, 2.05) is 6.07 Å². The Labute approximate surface area is 200 Å². The summed E-state index contributed by atoms with van der Waals surface area (Å²) in [5.41, 5.74) is 3.74. The molecular formula is C28H31ClO4. The Kier molecular flexibility index (Phi) is 7.80. The summed E-state index contributed by atoms with van der Waals surface area (Å²) in [4.78, 5) is 25.0. The number of halogens is 1. The van der Waals surface area contributed by atoms with Gasteiger partial charge in [-0.05, 0) is 83.9 Å². The Hall–Kier alpha value is -2.85. The predicted octanol–water partition coefficient (Wildman–Crippen LogP) is 7.31. The molecule has 5 heteroatoms. The van der Waals surface area contributed by atoms with E-state index in [9.17, 15) is 9.59 Å². The molecule has 1 aliphatic carbocycles. The third-order valence-electron chi connectivity index (χ3n) is 5.89. The predicted molar refractivity (Wildman–Crippen MR) is 134 cm³/mol. The summed E-state index contributed by atoms with van der Waals surface area (Å²) in [6.45, 7) is 14.9. The van der Waals surface area contributed by atoms with E-state index in [1.54, 1.807) is 26.0 Å². The van der Waals surface area contributed by atoms with Crippen LogP contribution in [0.4, 0.5) is 0 Å². The fraction of sp³-hybridized carbons (Fsp3) is 0.357. The number of benzene rings is 2. The molecule has 0 N–H and O–H groups in total. The number of carbonyl (C=O) groups excluding carboxylic acids is 2. The molecular weight excluding hydrogens is 436 g/mol. The molecule has 1 atom stereocenters. The lowest BCUT2D eigenvalue weighted by molar-refractivity contribution is -0.131. The Morgan fingerprint density at radius 1 is 1.00 bits per heavy atom. The summed E-state index contributed by atoms with van der Waals surface area (Å²) < 4.78 is 11.7. The van der Waals surface area contributed by atoms with E-state index in [0.717, 1.165) is 36.8 Å². The number of rotatable bonds is 7. The highest BCUT2D eigenvalue weighted by molar-refractivity contribution is 6.31. The van der Waals surface area contributed by atoms with Crippen LogP contribution in [-0.4, -0.2) is 11.9 Å². The quantitative estimate of drug-likeness (QED) is 0.186. The van der Waals surface area contributed by atoms with Crippen LogP contribution in [0.5, 0.6) is 11.5 Å². The molecule has 0 heterocycles. The number of esters is 2. The Morgan fingerprint density at radius 2 is 1.61 bits per heavy atom. The first kappa shape index (κ1) is 24.8. The van der Waals surface area contributed by atoms with Crippen LogP contribution < -0.4 is 9.47 Å². The lowest BCUT2D eigenvalue weighted by Gasteiger charge is -2.29. The normalized spacial score (nSPS) is 14.9. The van der Waals surface area contributed by atoms with Crippen molar-refractivity contribution in [2.75, 3.05) is 0 Å². The maximum absolute atomic E-state index is 12.5. The number of allylic oxidation sites excluding steroid dienone is 2. The zero-order chi connectivity index (χ0) is 24.3. The second-order valence-electron chi connectivity index (χ2n) is 9.11. The van der Waals surface area contributed by atoms with E-state index in [2.05, 4.69) is 33.1 Å². The average molecular weight is 467 g/mol. The van der Waals surface area contributed by atoms with Gasteiger partial charge in [0.25, 0.3) is 0 Å². The Morgan fingerprint density at radius 3 is 2.18 bits per heavy atom. The maximum atomic E-state index is 12.5. The van der Waals surface area contributed by atoms with Crippen molar-refractivity contribution in [3.05, 3.63) is 70.3 Å². The standard InChI is InChI=1S/C28H31ClO4/c1-16(2)8-7-9-19-10-12-21-23(14-19)25(32-27(30)17(3)4)22-13-11-20(29)15-24(22)26(21)33-28(31)18(5)6/h8,11,13,15,19H,3,5,7,9-10,12,14H2,1-2,4,6H3. The molecule has 2 aromatic rings. The van der Waals surface area contributed by atoms with E-state index in [1.165, 1.54) is 5.57 Å². The fourth-order valence-corrected chi connectivity index (χ4v) is 4.34. The van der Waals surface area contributed by atoms with Crippen molar-refractivity contribution in [2.24, 2.45) is 5.92 Å². The van der Waals surface area contributed by atoms with Gasteiger partial charge in [0.2, 0.25) is 0 Å². The van der Waals surface area contributed by atoms with Gasteiger partial charge < -0.3 is 9.47 Å². The highest BCUT2D eigenvalue weighted by Crippen LogP contribution is 2.47. The van der Waals surface area contributed by atoms with E-state index < -0.39 is 11.9 Å². The van der Waals surface area contributed by atoms with Crippen LogP contribution >= 0.6 is 11.6 Å². The minimum absolute atomic E-state index is 0.312.